The molecule has 0 aliphatic rings. The highest BCUT2D eigenvalue weighted by atomic mass is 16.2. The highest BCUT2D eigenvalue weighted by molar-refractivity contribution is 6.37. The Kier molecular flexibility index (Phi) is 5.73. The van der Waals surface area contributed by atoms with Gasteiger partial charge >= 0.3 is 0 Å². The standard InChI is InChI=1S/C14H18N2O3/c1-2-3-9-11(12(17)13(15)18)16-14(19)10-7-5-4-6-8-10/h4-8,11H,2-3,9H2,1H3,(H2,15,18)(H,16,19). The molecule has 0 saturated heterocycles. The van der Waals surface area contributed by atoms with Crippen molar-refractivity contribution in [1.29, 1.82) is 0 Å². The maximum Gasteiger partial charge on any atom is 0.287 e. The first-order valence-corrected chi connectivity index (χ1v) is 6.25. The Morgan fingerprint density at radius 2 is 1.84 bits per heavy atom. The normalized spacial score (nSPS) is 11.6. The number of carbonyl (C=O) groups is 3. The third kappa shape index (κ3) is 4.54. The summed E-state index contributed by atoms with van der Waals surface area (Å²) in [7, 11) is 0. The van der Waals surface area contributed by atoms with Crippen LogP contribution in [0.25, 0.3) is 0 Å². The van der Waals surface area contributed by atoms with Crippen molar-refractivity contribution in [1.82, 2.24) is 5.32 Å². The summed E-state index contributed by atoms with van der Waals surface area (Å²) in [6, 6.07) is 7.68. The van der Waals surface area contributed by atoms with Gasteiger partial charge in [-0.05, 0) is 18.6 Å². The van der Waals surface area contributed by atoms with E-state index in [2.05, 4.69) is 5.32 Å². The second-order valence-electron chi connectivity index (χ2n) is 4.26. The first-order chi connectivity index (χ1) is 9.06. The van der Waals surface area contributed by atoms with E-state index in [0.29, 0.717) is 12.0 Å². The van der Waals surface area contributed by atoms with Crippen LogP contribution < -0.4 is 11.1 Å². The number of benzene rings is 1. The van der Waals surface area contributed by atoms with Gasteiger partial charge < -0.3 is 11.1 Å². The van der Waals surface area contributed by atoms with Crippen LogP contribution in [0.3, 0.4) is 0 Å². The SMILES string of the molecule is CCCCC(NC(=O)c1ccccc1)C(=O)C(N)=O. The summed E-state index contributed by atoms with van der Waals surface area (Å²) < 4.78 is 0. The molecule has 0 aromatic heterocycles. The molecule has 1 atom stereocenters. The Bertz CT molecular complexity index is 457. The van der Waals surface area contributed by atoms with Crippen LogP contribution in [-0.2, 0) is 9.59 Å². The highest BCUT2D eigenvalue weighted by Gasteiger charge is 2.24. The minimum atomic E-state index is -1.02. The van der Waals surface area contributed by atoms with Crippen LogP contribution in [0.4, 0.5) is 0 Å². The Hall–Kier alpha value is -2.17. The second kappa shape index (κ2) is 7.31. The lowest BCUT2D eigenvalue weighted by Gasteiger charge is -2.15. The molecule has 1 aromatic carbocycles. The summed E-state index contributed by atoms with van der Waals surface area (Å²) in [4.78, 5) is 34.5. The first-order valence-electron chi connectivity index (χ1n) is 6.25. The zero-order valence-corrected chi connectivity index (χ0v) is 10.9. The van der Waals surface area contributed by atoms with Crippen molar-refractivity contribution in [3.63, 3.8) is 0 Å². The Morgan fingerprint density at radius 3 is 2.37 bits per heavy atom. The minimum Gasteiger partial charge on any atom is -0.363 e. The molecule has 0 radical (unpaired) electrons. The second-order valence-corrected chi connectivity index (χ2v) is 4.26. The van der Waals surface area contributed by atoms with Gasteiger partial charge in [-0.3, -0.25) is 14.4 Å². The van der Waals surface area contributed by atoms with Gasteiger partial charge in [-0.2, -0.15) is 0 Å². The van der Waals surface area contributed by atoms with Gasteiger partial charge in [0.1, 0.15) is 0 Å². The summed E-state index contributed by atoms with van der Waals surface area (Å²) in [6.07, 6.45) is 2.01. The molecule has 102 valence electrons. The molecule has 5 nitrogen and oxygen atoms in total. The van der Waals surface area contributed by atoms with E-state index in [1.165, 1.54) is 0 Å². The number of nitrogens with two attached hydrogens (primary N) is 1. The summed E-state index contributed by atoms with van der Waals surface area (Å²) >= 11 is 0. The molecule has 1 aromatic rings. The number of Topliss-reactive ketones (excluding diaryl/α,β-unsaturated/α-hetero) is 1. The number of hydrogen-bond donors (Lipinski definition) is 2. The van der Waals surface area contributed by atoms with E-state index in [4.69, 9.17) is 5.73 Å². The minimum absolute atomic E-state index is 0.378. The fourth-order valence-corrected chi connectivity index (χ4v) is 1.68. The van der Waals surface area contributed by atoms with Crippen LogP contribution in [0.5, 0.6) is 0 Å². The molecule has 0 fully saturated rings. The maximum absolute atomic E-state index is 11.9. The third-order valence-electron chi connectivity index (χ3n) is 2.75. The van der Waals surface area contributed by atoms with Crippen LogP contribution >= 0.6 is 0 Å². The van der Waals surface area contributed by atoms with E-state index in [0.717, 1.165) is 12.8 Å². The topological polar surface area (TPSA) is 89.3 Å². The molecule has 0 aliphatic heterocycles. The number of unbranched alkanes of at least 4 members (excludes halogenated alkanes) is 1. The molecule has 3 N–H and O–H groups in total. The number of carbonyl (C=O) groups excluding carboxylic acids is 3. The average molecular weight is 262 g/mol. The Balaban J connectivity index is 2.74. The van der Waals surface area contributed by atoms with E-state index in [9.17, 15) is 14.4 Å². The van der Waals surface area contributed by atoms with Crippen LogP contribution in [0.15, 0.2) is 30.3 Å². The van der Waals surface area contributed by atoms with Gasteiger partial charge in [-0.1, -0.05) is 38.0 Å². The van der Waals surface area contributed by atoms with Crippen LogP contribution in [0.1, 0.15) is 36.5 Å². The van der Waals surface area contributed by atoms with Crippen molar-refractivity contribution >= 4 is 17.6 Å². The third-order valence-corrected chi connectivity index (χ3v) is 2.75. The zero-order valence-electron chi connectivity index (χ0n) is 10.9. The van der Waals surface area contributed by atoms with Gasteiger partial charge in [0.05, 0.1) is 6.04 Å². The quantitative estimate of drug-likeness (QED) is 0.719. The summed E-state index contributed by atoms with van der Waals surface area (Å²) in [5.74, 6) is -2.15. The molecule has 5 heteroatoms. The lowest BCUT2D eigenvalue weighted by atomic mass is 10.0. The van der Waals surface area contributed by atoms with Gasteiger partial charge in [0.15, 0.2) is 0 Å². The molecule has 0 spiro atoms. The number of amides is 2. The van der Waals surface area contributed by atoms with Crippen molar-refractivity contribution in [2.24, 2.45) is 5.73 Å². The van der Waals surface area contributed by atoms with Crippen LogP contribution in [-0.4, -0.2) is 23.6 Å². The van der Waals surface area contributed by atoms with Gasteiger partial charge in [-0.25, -0.2) is 0 Å². The lowest BCUT2D eigenvalue weighted by Crippen LogP contribution is -2.46. The maximum atomic E-state index is 11.9. The number of ketones is 1. The molecular weight excluding hydrogens is 244 g/mol. The Morgan fingerprint density at radius 1 is 1.21 bits per heavy atom. The van der Waals surface area contributed by atoms with E-state index < -0.39 is 17.7 Å². The van der Waals surface area contributed by atoms with Crippen LogP contribution in [0.2, 0.25) is 0 Å². The smallest absolute Gasteiger partial charge is 0.287 e. The van der Waals surface area contributed by atoms with Crippen molar-refractivity contribution in [2.75, 3.05) is 0 Å². The molecule has 2 amide bonds. The summed E-state index contributed by atoms with van der Waals surface area (Å²) in [6.45, 7) is 1.96. The number of nitrogens with one attached hydrogen (secondary N) is 1. The first kappa shape index (κ1) is 14.9. The van der Waals surface area contributed by atoms with Crippen molar-refractivity contribution in [3.8, 4) is 0 Å². The number of primary amides is 1. The molecule has 1 unspecified atom stereocenters. The molecule has 0 saturated carbocycles. The largest absolute Gasteiger partial charge is 0.363 e. The van der Waals surface area contributed by atoms with E-state index in [1.807, 2.05) is 6.92 Å². The molecule has 0 heterocycles. The summed E-state index contributed by atoms with van der Waals surface area (Å²) in [5, 5.41) is 2.56. The Labute approximate surface area is 112 Å². The average Bonchev–Trinajstić information content (AvgIpc) is 2.43. The highest BCUT2D eigenvalue weighted by Crippen LogP contribution is 2.05. The van der Waals surface area contributed by atoms with Crippen molar-refractivity contribution < 1.29 is 14.4 Å². The monoisotopic (exact) mass is 262 g/mol. The lowest BCUT2D eigenvalue weighted by molar-refractivity contribution is -0.137. The predicted octanol–water partition coefficient (Wildman–Crippen LogP) is 1.03. The fraction of sp³-hybridized carbons (Fsp3) is 0.357. The fourth-order valence-electron chi connectivity index (χ4n) is 1.68. The van der Waals surface area contributed by atoms with Gasteiger partial charge in [0, 0.05) is 5.56 Å². The molecular formula is C14H18N2O3. The van der Waals surface area contributed by atoms with Gasteiger partial charge in [0.25, 0.3) is 11.8 Å². The van der Waals surface area contributed by atoms with Crippen LogP contribution in [0, 0.1) is 0 Å². The van der Waals surface area contributed by atoms with Gasteiger partial charge in [-0.15, -0.1) is 0 Å². The summed E-state index contributed by atoms with van der Waals surface area (Å²) in [5.41, 5.74) is 5.43. The van der Waals surface area contributed by atoms with Gasteiger partial charge in [0.2, 0.25) is 5.78 Å². The molecule has 0 aliphatic carbocycles. The number of rotatable bonds is 7. The molecule has 0 bridgehead atoms. The molecule has 19 heavy (non-hydrogen) atoms. The van der Waals surface area contributed by atoms with Crippen molar-refractivity contribution in [3.05, 3.63) is 35.9 Å². The predicted molar refractivity (Wildman–Crippen MR) is 71.4 cm³/mol. The van der Waals surface area contributed by atoms with E-state index in [-0.39, 0.29) is 5.91 Å². The van der Waals surface area contributed by atoms with Crippen molar-refractivity contribution in [2.45, 2.75) is 32.2 Å². The zero-order chi connectivity index (χ0) is 14.3. The van der Waals surface area contributed by atoms with E-state index in [1.54, 1.807) is 30.3 Å². The van der Waals surface area contributed by atoms with E-state index >= 15 is 0 Å². The number of hydrogen-bond acceptors (Lipinski definition) is 3. The molecule has 1 rings (SSSR count).